The lowest BCUT2D eigenvalue weighted by atomic mass is 9.90. The van der Waals surface area contributed by atoms with Crippen LogP contribution in [0, 0.1) is 5.41 Å². The third-order valence-corrected chi connectivity index (χ3v) is 4.33. The summed E-state index contributed by atoms with van der Waals surface area (Å²) in [7, 11) is 0. The van der Waals surface area contributed by atoms with Gasteiger partial charge in [-0.25, -0.2) is 8.78 Å². The van der Waals surface area contributed by atoms with Crippen molar-refractivity contribution < 1.29 is 8.78 Å². The molecule has 3 aliphatic rings. The number of fused-ring (bicyclic) bond motifs is 1. The van der Waals surface area contributed by atoms with E-state index in [0.717, 1.165) is 19.4 Å². The molecule has 1 nitrogen and oxygen atoms in total. The molecule has 2 atom stereocenters. The van der Waals surface area contributed by atoms with E-state index in [1.807, 2.05) is 0 Å². The standard InChI is InChI=1S/C10H15F2N.C2H4/c1-8-3-2-4-13(8)7-9(5-8)6-10(9,11)12;1-2/h2-7H2,1H3;1-2H2/t8-,9-;/m0./s1. The fourth-order valence-electron chi connectivity index (χ4n) is 3.44. The van der Waals surface area contributed by atoms with Gasteiger partial charge in [0.05, 0.1) is 5.41 Å². The van der Waals surface area contributed by atoms with Crippen LogP contribution in [0.2, 0.25) is 0 Å². The first-order valence-corrected chi connectivity index (χ1v) is 5.61. The van der Waals surface area contributed by atoms with Crippen LogP contribution in [0.4, 0.5) is 8.78 Å². The highest BCUT2D eigenvalue weighted by atomic mass is 19.3. The molecule has 1 spiro atoms. The maximum Gasteiger partial charge on any atom is 0.255 e. The average molecular weight is 215 g/mol. The molecule has 0 aromatic rings. The summed E-state index contributed by atoms with van der Waals surface area (Å²) in [5.41, 5.74) is -0.498. The highest BCUT2D eigenvalue weighted by Gasteiger charge is 2.76. The van der Waals surface area contributed by atoms with Crippen molar-refractivity contribution in [3.63, 3.8) is 0 Å². The van der Waals surface area contributed by atoms with Gasteiger partial charge in [0.1, 0.15) is 0 Å². The SMILES string of the molecule is C=C.C[C@@]12CCCN1C[C@@]1(CC1(F)F)C2. The molecule has 3 heteroatoms. The molecule has 2 saturated heterocycles. The first kappa shape index (κ1) is 11.1. The lowest BCUT2D eigenvalue weighted by molar-refractivity contribution is 0.0657. The van der Waals surface area contributed by atoms with Crippen LogP contribution in [0.3, 0.4) is 0 Å². The summed E-state index contributed by atoms with van der Waals surface area (Å²) in [5.74, 6) is -2.35. The average Bonchev–Trinajstić information content (AvgIpc) is 2.45. The van der Waals surface area contributed by atoms with E-state index in [0.29, 0.717) is 6.54 Å². The van der Waals surface area contributed by atoms with Gasteiger partial charge in [-0.3, -0.25) is 4.90 Å². The lowest BCUT2D eigenvalue weighted by Crippen LogP contribution is -2.34. The summed E-state index contributed by atoms with van der Waals surface area (Å²) in [6.07, 6.45) is 3.18. The van der Waals surface area contributed by atoms with E-state index in [4.69, 9.17) is 0 Å². The van der Waals surface area contributed by atoms with Gasteiger partial charge in [0, 0.05) is 18.5 Å². The molecule has 0 bridgehead atoms. The molecule has 0 unspecified atom stereocenters. The summed E-state index contributed by atoms with van der Waals surface area (Å²) in [6, 6.07) is 0. The summed E-state index contributed by atoms with van der Waals surface area (Å²) < 4.78 is 26.3. The molecule has 2 aliphatic heterocycles. The van der Waals surface area contributed by atoms with Crippen LogP contribution < -0.4 is 0 Å². The topological polar surface area (TPSA) is 3.24 Å². The van der Waals surface area contributed by atoms with Crippen molar-refractivity contribution in [2.45, 2.75) is 44.1 Å². The fourth-order valence-corrected chi connectivity index (χ4v) is 3.44. The van der Waals surface area contributed by atoms with Crippen LogP contribution in [0.25, 0.3) is 0 Å². The van der Waals surface area contributed by atoms with E-state index in [-0.39, 0.29) is 12.0 Å². The predicted octanol–water partition coefficient (Wildman–Crippen LogP) is 3.07. The van der Waals surface area contributed by atoms with Crippen molar-refractivity contribution in [1.82, 2.24) is 4.90 Å². The van der Waals surface area contributed by atoms with Gasteiger partial charge in [-0.05, 0) is 32.7 Å². The molecular formula is C12H19F2N. The number of hydrogen-bond donors (Lipinski definition) is 0. The fraction of sp³-hybridized carbons (Fsp3) is 0.833. The third kappa shape index (κ3) is 1.36. The molecule has 1 saturated carbocycles. The van der Waals surface area contributed by atoms with Gasteiger partial charge in [0.15, 0.2) is 0 Å². The quantitative estimate of drug-likeness (QED) is 0.561. The molecular weight excluding hydrogens is 196 g/mol. The largest absolute Gasteiger partial charge is 0.297 e. The Hall–Kier alpha value is -0.440. The van der Waals surface area contributed by atoms with Crippen LogP contribution in [0.5, 0.6) is 0 Å². The second kappa shape index (κ2) is 3.03. The van der Waals surface area contributed by atoms with Crippen molar-refractivity contribution in [3.8, 4) is 0 Å². The smallest absolute Gasteiger partial charge is 0.255 e. The number of alkyl halides is 2. The molecule has 86 valence electrons. The minimum Gasteiger partial charge on any atom is -0.297 e. The lowest BCUT2D eigenvalue weighted by Gasteiger charge is -2.26. The molecule has 15 heavy (non-hydrogen) atoms. The molecule has 0 aromatic carbocycles. The van der Waals surface area contributed by atoms with Gasteiger partial charge in [0.2, 0.25) is 0 Å². The Labute approximate surface area is 90.1 Å². The summed E-state index contributed by atoms with van der Waals surface area (Å²) >= 11 is 0. The summed E-state index contributed by atoms with van der Waals surface area (Å²) in [6.45, 7) is 9.84. The van der Waals surface area contributed by atoms with Gasteiger partial charge in [-0.1, -0.05) is 0 Å². The van der Waals surface area contributed by atoms with Crippen LogP contribution in [0.15, 0.2) is 13.2 Å². The van der Waals surface area contributed by atoms with E-state index >= 15 is 0 Å². The van der Waals surface area contributed by atoms with Crippen molar-refractivity contribution in [2.24, 2.45) is 5.41 Å². The second-order valence-corrected chi connectivity index (χ2v) is 5.36. The zero-order valence-corrected chi connectivity index (χ0v) is 9.36. The zero-order chi connectivity index (χ0) is 11.3. The van der Waals surface area contributed by atoms with E-state index in [2.05, 4.69) is 25.0 Å². The Balaban J connectivity index is 0.000000404. The van der Waals surface area contributed by atoms with Gasteiger partial charge < -0.3 is 0 Å². The molecule has 3 rings (SSSR count). The molecule has 0 radical (unpaired) electrons. The van der Waals surface area contributed by atoms with Crippen molar-refractivity contribution in [2.75, 3.05) is 13.1 Å². The predicted molar refractivity (Wildman–Crippen MR) is 57.1 cm³/mol. The Kier molecular flexibility index (Phi) is 2.24. The minimum atomic E-state index is -2.35. The number of hydrogen-bond acceptors (Lipinski definition) is 1. The number of rotatable bonds is 0. The van der Waals surface area contributed by atoms with Gasteiger partial charge in [-0.15, -0.1) is 13.2 Å². The highest BCUT2D eigenvalue weighted by Crippen LogP contribution is 2.69. The Morgan fingerprint density at radius 2 is 1.80 bits per heavy atom. The van der Waals surface area contributed by atoms with Gasteiger partial charge in [-0.2, -0.15) is 0 Å². The summed E-state index contributed by atoms with van der Waals surface area (Å²) in [5, 5.41) is 0. The molecule has 3 fully saturated rings. The number of nitrogens with zero attached hydrogens (tertiary/aromatic N) is 1. The van der Waals surface area contributed by atoms with Gasteiger partial charge in [0.25, 0.3) is 5.92 Å². The molecule has 2 heterocycles. The normalized spacial score (nSPS) is 46.1. The minimum absolute atomic E-state index is 0.111. The van der Waals surface area contributed by atoms with Crippen LogP contribution in [0.1, 0.15) is 32.6 Å². The number of halogens is 2. The van der Waals surface area contributed by atoms with Crippen molar-refractivity contribution in [1.29, 1.82) is 0 Å². The first-order chi connectivity index (χ1) is 6.98. The van der Waals surface area contributed by atoms with E-state index in [9.17, 15) is 8.78 Å². The van der Waals surface area contributed by atoms with Crippen LogP contribution in [-0.4, -0.2) is 29.5 Å². The maximum absolute atomic E-state index is 13.1. The maximum atomic E-state index is 13.1. The molecule has 0 aromatic heterocycles. The zero-order valence-electron chi connectivity index (χ0n) is 9.36. The van der Waals surface area contributed by atoms with E-state index in [1.165, 1.54) is 6.42 Å². The highest BCUT2D eigenvalue weighted by molar-refractivity contribution is 5.20. The van der Waals surface area contributed by atoms with E-state index in [1.54, 1.807) is 0 Å². The van der Waals surface area contributed by atoms with Crippen LogP contribution >= 0.6 is 0 Å². The van der Waals surface area contributed by atoms with Crippen molar-refractivity contribution in [3.05, 3.63) is 13.2 Å². The van der Waals surface area contributed by atoms with Crippen LogP contribution in [-0.2, 0) is 0 Å². The molecule has 1 aliphatic carbocycles. The Morgan fingerprint density at radius 3 is 2.27 bits per heavy atom. The molecule has 0 amide bonds. The second-order valence-electron chi connectivity index (χ2n) is 5.36. The van der Waals surface area contributed by atoms with E-state index < -0.39 is 11.3 Å². The van der Waals surface area contributed by atoms with Gasteiger partial charge >= 0.3 is 0 Å². The third-order valence-electron chi connectivity index (χ3n) is 4.33. The Morgan fingerprint density at radius 1 is 1.20 bits per heavy atom. The molecule has 0 N–H and O–H groups in total. The van der Waals surface area contributed by atoms with Crippen molar-refractivity contribution >= 4 is 0 Å². The monoisotopic (exact) mass is 215 g/mol. The summed E-state index contributed by atoms with van der Waals surface area (Å²) in [4.78, 5) is 2.29. The first-order valence-electron chi connectivity index (χ1n) is 5.61. The Bertz CT molecular complexity index is 279.